The predicted molar refractivity (Wildman–Crippen MR) is 123 cm³/mol. The van der Waals surface area contributed by atoms with Gasteiger partial charge in [0, 0.05) is 23.9 Å². The molecule has 1 aromatic heterocycles. The van der Waals surface area contributed by atoms with Crippen molar-refractivity contribution in [3.05, 3.63) is 51.5 Å². The largest absolute Gasteiger partial charge is 0.357 e. The Morgan fingerprint density at radius 1 is 1.10 bits per heavy atom. The molecule has 1 aliphatic rings. The second-order valence-electron chi connectivity index (χ2n) is 8.72. The summed E-state index contributed by atoms with van der Waals surface area (Å²) in [6.45, 7) is 14.4. The summed E-state index contributed by atoms with van der Waals surface area (Å²) in [5, 5.41) is 9.99. The number of nitrogens with zero attached hydrogens (tertiary/aromatic N) is 3. The van der Waals surface area contributed by atoms with E-state index < -0.39 is 0 Å². The lowest BCUT2D eigenvalue weighted by Gasteiger charge is -2.15. The van der Waals surface area contributed by atoms with Gasteiger partial charge in [-0.1, -0.05) is 45.0 Å². The molecule has 1 fully saturated rings. The normalized spacial score (nSPS) is 15.7. The fourth-order valence-electron chi connectivity index (χ4n) is 3.36. The van der Waals surface area contributed by atoms with Crippen LogP contribution in [-0.2, 0) is 25.0 Å². The summed E-state index contributed by atoms with van der Waals surface area (Å²) < 4.78 is 0. The van der Waals surface area contributed by atoms with Gasteiger partial charge in [0.25, 0.3) is 0 Å². The van der Waals surface area contributed by atoms with Crippen LogP contribution in [0, 0.1) is 0 Å². The van der Waals surface area contributed by atoms with Gasteiger partial charge in [-0.25, -0.2) is 9.98 Å². The van der Waals surface area contributed by atoms with Gasteiger partial charge >= 0.3 is 0 Å². The summed E-state index contributed by atoms with van der Waals surface area (Å²) in [5.74, 6) is 0.834. The van der Waals surface area contributed by atoms with Crippen molar-refractivity contribution in [2.45, 2.75) is 65.6 Å². The second-order valence-corrected chi connectivity index (χ2v) is 9.67. The number of benzene rings is 1. The summed E-state index contributed by atoms with van der Waals surface area (Å²) in [6, 6.07) is 8.89. The van der Waals surface area contributed by atoms with Crippen LogP contribution < -0.4 is 10.6 Å². The minimum atomic E-state index is 0.0915. The first kappa shape index (κ1) is 21.8. The molecule has 2 N–H and O–H groups in total. The van der Waals surface area contributed by atoms with Gasteiger partial charge in [-0.3, -0.25) is 4.90 Å². The number of nitrogens with one attached hydrogen (secondary N) is 2. The molecule has 158 valence electrons. The smallest absolute Gasteiger partial charge is 0.191 e. The Balaban J connectivity index is 1.53. The molecule has 29 heavy (non-hydrogen) atoms. The topological polar surface area (TPSA) is 52.6 Å². The van der Waals surface area contributed by atoms with Crippen LogP contribution in [0.25, 0.3) is 0 Å². The molecule has 6 heteroatoms. The summed E-state index contributed by atoms with van der Waals surface area (Å²) in [7, 11) is 0. The monoisotopic (exact) mass is 413 g/mol. The van der Waals surface area contributed by atoms with E-state index in [0.717, 1.165) is 29.8 Å². The molecule has 0 amide bonds. The first-order valence-corrected chi connectivity index (χ1v) is 11.6. The van der Waals surface area contributed by atoms with Crippen LogP contribution in [-0.4, -0.2) is 35.5 Å². The van der Waals surface area contributed by atoms with Gasteiger partial charge < -0.3 is 10.6 Å². The standard InChI is InChI=1S/C23H35N5S/c1-5-24-22(26-15-21-27-20(17-29-21)23(2,3)4)25-14-18-8-10-19(11-9-18)16-28-12-6-7-13-28/h8-11,17H,5-7,12-16H2,1-4H3,(H2,24,25,26). The Labute approximate surface area is 179 Å². The zero-order valence-electron chi connectivity index (χ0n) is 18.3. The summed E-state index contributed by atoms with van der Waals surface area (Å²) in [5.41, 5.74) is 3.86. The molecule has 1 saturated heterocycles. The van der Waals surface area contributed by atoms with E-state index in [1.165, 1.54) is 37.1 Å². The van der Waals surface area contributed by atoms with E-state index >= 15 is 0 Å². The van der Waals surface area contributed by atoms with Gasteiger partial charge in [0.1, 0.15) is 5.01 Å². The molecule has 3 rings (SSSR count). The van der Waals surface area contributed by atoms with Gasteiger partial charge in [0.15, 0.2) is 5.96 Å². The van der Waals surface area contributed by atoms with Crippen LogP contribution >= 0.6 is 11.3 Å². The number of hydrogen-bond donors (Lipinski definition) is 2. The first-order chi connectivity index (χ1) is 13.9. The number of likely N-dealkylation sites (tertiary alicyclic amines) is 1. The van der Waals surface area contributed by atoms with Crippen LogP contribution in [0.1, 0.15) is 62.4 Å². The molecule has 5 nitrogen and oxygen atoms in total. The maximum atomic E-state index is 4.75. The molecular formula is C23H35N5S. The second kappa shape index (κ2) is 10.2. The Kier molecular flexibility index (Phi) is 7.67. The molecule has 0 radical (unpaired) electrons. The quantitative estimate of drug-likeness (QED) is 0.525. The van der Waals surface area contributed by atoms with Crippen LogP contribution in [0.2, 0.25) is 0 Å². The summed E-state index contributed by atoms with van der Waals surface area (Å²) >= 11 is 1.71. The number of guanidine groups is 1. The Morgan fingerprint density at radius 3 is 2.41 bits per heavy atom. The molecule has 0 atom stereocenters. The number of aromatic nitrogens is 1. The van der Waals surface area contributed by atoms with Crippen LogP contribution in [0.15, 0.2) is 34.6 Å². The van der Waals surface area contributed by atoms with Gasteiger partial charge in [-0.05, 0) is 44.0 Å². The highest BCUT2D eigenvalue weighted by Crippen LogP contribution is 2.23. The maximum absolute atomic E-state index is 4.75. The van der Waals surface area contributed by atoms with E-state index in [0.29, 0.717) is 13.1 Å². The Hall–Kier alpha value is -1.92. The highest BCUT2D eigenvalue weighted by atomic mass is 32.1. The number of hydrogen-bond acceptors (Lipinski definition) is 4. The highest BCUT2D eigenvalue weighted by molar-refractivity contribution is 7.09. The fraction of sp³-hybridized carbons (Fsp3) is 0.565. The summed E-state index contributed by atoms with van der Waals surface area (Å²) in [4.78, 5) is 12.0. The number of thiazole rings is 1. The van der Waals surface area contributed by atoms with Crippen molar-refractivity contribution >= 4 is 17.3 Å². The molecule has 1 aliphatic heterocycles. The van der Waals surface area contributed by atoms with Crippen molar-refractivity contribution < 1.29 is 0 Å². The van der Waals surface area contributed by atoms with Crippen molar-refractivity contribution in [1.29, 1.82) is 0 Å². The van der Waals surface area contributed by atoms with E-state index in [4.69, 9.17) is 9.98 Å². The molecule has 1 aromatic carbocycles. The van der Waals surface area contributed by atoms with Gasteiger partial charge in [-0.15, -0.1) is 11.3 Å². The average Bonchev–Trinajstić information content (AvgIpc) is 3.37. The number of aliphatic imine (C=N–C) groups is 1. The van der Waals surface area contributed by atoms with Gasteiger partial charge in [0.2, 0.25) is 0 Å². The van der Waals surface area contributed by atoms with Crippen molar-refractivity contribution in [3.63, 3.8) is 0 Å². The van der Waals surface area contributed by atoms with E-state index in [9.17, 15) is 0 Å². The lowest BCUT2D eigenvalue weighted by atomic mass is 9.93. The van der Waals surface area contributed by atoms with Crippen molar-refractivity contribution in [2.75, 3.05) is 19.6 Å². The zero-order valence-corrected chi connectivity index (χ0v) is 19.1. The molecular weight excluding hydrogens is 378 g/mol. The van der Waals surface area contributed by atoms with Gasteiger partial charge in [0.05, 0.1) is 18.8 Å². The number of rotatable bonds is 7. The third kappa shape index (κ3) is 6.82. The Bertz CT molecular complexity index is 782. The minimum Gasteiger partial charge on any atom is -0.357 e. The molecule has 0 spiro atoms. The molecule has 2 aromatic rings. The lowest BCUT2D eigenvalue weighted by Crippen LogP contribution is -2.36. The fourth-order valence-corrected chi connectivity index (χ4v) is 4.32. The average molecular weight is 414 g/mol. The zero-order chi connectivity index (χ0) is 20.7. The SMILES string of the molecule is CCNC(=NCc1ccc(CN2CCCC2)cc1)NCc1nc(C(C)(C)C)cs1. The van der Waals surface area contributed by atoms with Crippen LogP contribution in [0.5, 0.6) is 0 Å². The van der Waals surface area contributed by atoms with Crippen molar-refractivity contribution in [2.24, 2.45) is 4.99 Å². The molecule has 2 heterocycles. The van der Waals surface area contributed by atoms with Crippen LogP contribution in [0.4, 0.5) is 0 Å². The lowest BCUT2D eigenvalue weighted by molar-refractivity contribution is 0.331. The van der Waals surface area contributed by atoms with Crippen LogP contribution in [0.3, 0.4) is 0 Å². The molecule has 0 unspecified atom stereocenters. The van der Waals surface area contributed by atoms with Gasteiger partial charge in [-0.2, -0.15) is 0 Å². The molecule has 0 aliphatic carbocycles. The van der Waals surface area contributed by atoms with E-state index in [1.54, 1.807) is 11.3 Å². The predicted octanol–water partition coefficient (Wildman–Crippen LogP) is 4.29. The van der Waals surface area contributed by atoms with E-state index in [-0.39, 0.29) is 5.41 Å². The molecule has 0 bridgehead atoms. The first-order valence-electron chi connectivity index (χ1n) is 10.7. The Morgan fingerprint density at radius 2 is 1.79 bits per heavy atom. The third-order valence-corrected chi connectivity index (χ3v) is 5.97. The maximum Gasteiger partial charge on any atom is 0.191 e. The highest BCUT2D eigenvalue weighted by Gasteiger charge is 2.17. The van der Waals surface area contributed by atoms with Crippen molar-refractivity contribution in [3.8, 4) is 0 Å². The summed E-state index contributed by atoms with van der Waals surface area (Å²) in [6.07, 6.45) is 2.68. The minimum absolute atomic E-state index is 0.0915. The molecule has 0 saturated carbocycles. The third-order valence-electron chi connectivity index (χ3n) is 5.12. The van der Waals surface area contributed by atoms with E-state index in [2.05, 4.69) is 72.9 Å². The van der Waals surface area contributed by atoms with Crippen molar-refractivity contribution in [1.82, 2.24) is 20.5 Å². The van der Waals surface area contributed by atoms with E-state index in [1.807, 2.05) is 0 Å².